The maximum absolute atomic E-state index is 13.4. The predicted octanol–water partition coefficient (Wildman–Crippen LogP) is 3.33. The molecule has 2 aromatic carbocycles. The second kappa shape index (κ2) is 12.9. The average molecular weight is 508 g/mol. The summed E-state index contributed by atoms with van der Waals surface area (Å²) < 4.78 is 24.9. The van der Waals surface area contributed by atoms with E-state index in [2.05, 4.69) is 19.2 Å². The summed E-state index contributed by atoms with van der Waals surface area (Å²) in [6, 6.07) is 15.7. The Hall–Kier alpha value is -2.42. The van der Waals surface area contributed by atoms with Crippen LogP contribution in [0.1, 0.15) is 31.4 Å². The van der Waals surface area contributed by atoms with Crippen molar-refractivity contribution in [1.82, 2.24) is 14.5 Å². The van der Waals surface area contributed by atoms with E-state index < -0.39 is 22.0 Å². The lowest BCUT2D eigenvalue weighted by Crippen LogP contribution is -2.53. The number of halogens is 1. The molecule has 0 aromatic heterocycles. The van der Waals surface area contributed by atoms with E-state index >= 15 is 0 Å². The van der Waals surface area contributed by atoms with Crippen LogP contribution >= 0.6 is 11.6 Å². The van der Waals surface area contributed by atoms with E-state index in [1.165, 1.54) is 11.9 Å². The van der Waals surface area contributed by atoms with Crippen LogP contribution in [0.3, 0.4) is 0 Å². The van der Waals surface area contributed by atoms with E-state index in [0.29, 0.717) is 23.9 Å². The van der Waals surface area contributed by atoms with Crippen molar-refractivity contribution in [2.75, 3.05) is 26.4 Å². The highest BCUT2D eigenvalue weighted by Crippen LogP contribution is 2.17. The van der Waals surface area contributed by atoms with Gasteiger partial charge in [0, 0.05) is 31.6 Å². The van der Waals surface area contributed by atoms with Gasteiger partial charge in [0.25, 0.3) is 0 Å². The fourth-order valence-electron chi connectivity index (χ4n) is 3.34. The normalized spacial score (nSPS) is 12.6. The molecule has 1 N–H and O–H groups in total. The van der Waals surface area contributed by atoms with Gasteiger partial charge in [-0.15, -0.1) is 0 Å². The van der Waals surface area contributed by atoms with Crippen LogP contribution in [0.25, 0.3) is 0 Å². The number of sulfonamides is 1. The molecule has 0 saturated carbocycles. The molecule has 0 fully saturated rings. The van der Waals surface area contributed by atoms with Crippen molar-refractivity contribution in [1.29, 1.82) is 0 Å². The summed E-state index contributed by atoms with van der Waals surface area (Å²) in [7, 11) is -2.22. The van der Waals surface area contributed by atoms with Gasteiger partial charge >= 0.3 is 0 Å². The van der Waals surface area contributed by atoms with Crippen LogP contribution in [0.2, 0.25) is 5.02 Å². The highest BCUT2D eigenvalue weighted by molar-refractivity contribution is 7.88. The second-order valence-electron chi connectivity index (χ2n) is 8.85. The molecule has 34 heavy (non-hydrogen) atoms. The maximum Gasteiger partial charge on any atom is 0.243 e. The van der Waals surface area contributed by atoms with Crippen LogP contribution in [0.15, 0.2) is 54.6 Å². The summed E-state index contributed by atoms with van der Waals surface area (Å²) in [6.45, 7) is 4.42. The minimum Gasteiger partial charge on any atom is -0.354 e. The predicted molar refractivity (Wildman–Crippen MR) is 136 cm³/mol. The van der Waals surface area contributed by atoms with Crippen LogP contribution in [-0.4, -0.2) is 61.9 Å². The number of hydrogen-bond donors (Lipinski definition) is 1. The topological polar surface area (TPSA) is 86.8 Å². The molecule has 2 aromatic rings. The summed E-state index contributed by atoms with van der Waals surface area (Å²) in [6.07, 6.45) is 2.16. The van der Waals surface area contributed by atoms with Gasteiger partial charge in [0.2, 0.25) is 21.8 Å². The molecule has 0 bridgehead atoms. The Morgan fingerprint density at radius 2 is 1.62 bits per heavy atom. The highest BCUT2D eigenvalue weighted by Gasteiger charge is 2.31. The smallest absolute Gasteiger partial charge is 0.243 e. The van der Waals surface area contributed by atoms with Gasteiger partial charge < -0.3 is 10.2 Å². The van der Waals surface area contributed by atoms with Crippen LogP contribution in [0, 0.1) is 5.92 Å². The minimum atomic E-state index is -3.57. The SMILES string of the molecule is CC(C)CCNC(=O)[C@@H](Cc1ccccc1)N(Cc1ccc(Cl)cc1)C(=O)CN(C)S(C)(=O)=O. The first-order valence-corrected chi connectivity index (χ1v) is 13.5. The molecular weight excluding hydrogens is 474 g/mol. The van der Waals surface area contributed by atoms with Crippen LogP contribution in [0.4, 0.5) is 0 Å². The standard InChI is InChI=1S/C25H34ClN3O4S/c1-19(2)14-15-27-25(31)23(16-20-8-6-5-7-9-20)29(17-21-10-12-22(26)13-11-21)24(30)18-28(3)34(4,32)33/h5-13,19,23H,14-18H2,1-4H3,(H,27,31)/t23-/m1/s1. The first-order valence-electron chi connectivity index (χ1n) is 11.2. The first kappa shape index (κ1) is 27.8. The quantitative estimate of drug-likeness (QED) is 0.477. The number of benzene rings is 2. The number of carbonyl (C=O) groups excluding carboxylic acids is 2. The van der Waals surface area contributed by atoms with E-state index in [1.807, 2.05) is 30.3 Å². The summed E-state index contributed by atoms with van der Waals surface area (Å²) >= 11 is 6.01. The fourth-order valence-corrected chi connectivity index (χ4v) is 3.81. The Labute approximate surface area is 208 Å². The van der Waals surface area contributed by atoms with Gasteiger partial charge in [-0.05, 0) is 35.6 Å². The van der Waals surface area contributed by atoms with Crippen molar-refractivity contribution in [3.63, 3.8) is 0 Å². The van der Waals surface area contributed by atoms with Gasteiger partial charge in [-0.25, -0.2) is 8.42 Å². The summed E-state index contributed by atoms with van der Waals surface area (Å²) in [4.78, 5) is 28.2. The van der Waals surface area contributed by atoms with Gasteiger partial charge in [0.05, 0.1) is 12.8 Å². The zero-order valence-electron chi connectivity index (χ0n) is 20.2. The number of amides is 2. The number of nitrogens with zero attached hydrogens (tertiary/aromatic N) is 2. The third-order valence-electron chi connectivity index (χ3n) is 5.48. The van der Waals surface area contributed by atoms with E-state index in [-0.39, 0.29) is 19.0 Å². The monoisotopic (exact) mass is 507 g/mol. The molecule has 7 nitrogen and oxygen atoms in total. The summed E-state index contributed by atoms with van der Waals surface area (Å²) in [5, 5.41) is 3.52. The van der Waals surface area contributed by atoms with E-state index in [9.17, 15) is 18.0 Å². The van der Waals surface area contributed by atoms with Gasteiger partial charge in [-0.1, -0.05) is 67.9 Å². The van der Waals surface area contributed by atoms with Gasteiger partial charge in [0.1, 0.15) is 6.04 Å². The Kier molecular flexibility index (Phi) is 10.5. The van der Waals surface area contributed by atoms with Crippen molar-refractivity contribution in [3.05, 3.63) is 70.7 Å². The van der Waals surface area contributed by atoms with Crippen molar-refractivity contribution >= 4 is 33.4 Å². The number of nitrogens with one attached hydrogen (secondary N) is 1. The molecule has 0 aliphatic carbocycles. The highest BCUT2D eigenvalue weighted by atomic mass is 35.5. The van der Waals surface area contributed by atoms with E-state index in [4.69, 9.17) is 11.6 Å². The molecular formula is C25H34ClN3O4S. The molecule has 0 aliphatic rings. The molecule has 2 amide bonds. The average Bonchev–Trinajstić information content (AvgIpc) is 2.77. The molecule has 0 heterocycles. The molecule has 9 heteroatoms. The fraction of sp³-hybridized carbons (Fsp3) is 0.440. The molecule has 186 valence electrons. The molecule has 2 rings (SSSR count). The zero-order chi connectivity index (χ0) is 25.3. The molecule has 0 unspecified atom stereocenters. The van der Waals surface area contributed by atoms with E-state index in [0.717, 1.165) is 28.1 Å². The molecule has 0 radical (unpaired) electrons. The van der Waals surface area contributed by atoms with E-state index in [1.54, 1.807) is 24.3 Å². The number of carbonyl (C=O) groups is 2. The van der Waals surface area contributed by atoms with Crippen molar-refractivity contribution in [3.8, 4) is 0 Å². The van der Waals surface area contributed by atoms with Gasteiger partial charge in [-0.2, -0.15) is 4.31 Å². The third-order valence-corrected chi connectivity index (χ3v) is 7.00. The molecule has 0 saturated heterocycles. The maximum atomic E-state index is 13.4. The Morgan fingerprint density at radius 1 is 1.00 bits per heavy atom. The zero-order valence-corrected chi connectivity index (χ0v) is 21.8. The van der Waals surface area contributed by atoms with Gasteiger partial charge in [-0.3, -0.25) is 9.59 Å². The minimum absolute atomic E-state index is 0.142. The molecule has 1 atom stereocenters. The number of likely N-dealkylation sites (N-methyl/N-ethyl adjacent to an activating group) is 1. The third kappa shape index (κ3) is 9.08. The lowest BCUT2D eigenvalue weighted by Gasteiger charge is -2.32. The largest absolute Gasteiger partial charge is 0.354 e. The Bertz CT molecular complexity index is 1040. The number of rotatable bonds is 12. The first-order chi connectivity index (χ1) is 16.0. The summed E-state index contributed by atoms with van der Waals surface area (Å²) in [5.41, 5.74) is 1.68. The van der Waals surface area contributed by atoms with Crippen molar-refractivity contribution < 1.29 is 18.0 Å². The van der Waals surface area contributed by atoms with Crippen LogP contribution in [-0.2, 0) is 32.6 Å². The van der Waals surface area contributed by atoms with Gasteiger partial charge in [0.15, 0.2) is 0 Å². The van der Waals surface area contributed by atoms with Crippen molar-refractivity contribution in [2.24, 2.45) is 5.92 Å². The van der Waals surface area contributed by atoms with Crippen molar-refractivity contribution in [2.45, 2.75) is 39.3 Å². The molecule has 0 spiro atoms. The second-order valence-corrected chi connectivity index (χ2v) is 11.4. The van der Waals surface area contributed by atoms with Crippen LogP contribution < -0.4 is 5.32 Å². The molecule has 0 aliphatic heterocycles. The Morgan fingerprint density at radius 3 is 2.18 bits per heavy atom. The lowest BCUT2D eigenvalue weighted by atomic mass is 10.0. The number of hydrogen-bond acceptors (Lipinski definition) is 4. The summed E-state index contributed by atoms with van der Waals surface area (Å²) in [5.74, 6) is -0.306. The van der Waals surface area contributed by atoms with Crippen LogP contribution in [0.5, 0.6) is 0 Å². The lowest BCUT2D eigenvalue weighted by molar-refractivity contribution is -0.141. The Balaban J connectivity index is 2.40.